The van der Waals surface area contributed by atoms with Crippen LogP contribution in [0.2, 0.25) is 0 Å². The molecule has 0 bridgehead atoms. The van der Waals surface area contributed by atoms with E-state index in [9.17, 15) is 0 Å². The molecule has 0 atom stereocenters. The van der Waals surface area contributed by atoms with Crippen molar-refractivity contribution in [3.63, 3.8) is 0 Å². The van der Waals surface area contributed by atoms with Crippen LogP contribution in [-0.2, 0) is 37.6 Å². The van der Waals surface area contributed by atoms with E-state index in [0.29, 0.717) is 0 Å². The Kier molecular flexibility index (Phi) is 9.47. The van der Waals surface area contributed by atoms with Gasteiger partial charge in [-0.25, -0.2) is 18.3 Å². The normalized spacial score (nSPS) is 9.91. The van der Waals surface area contributed by atoms with E-state index in [1.165, 1.54) is 0 Å². The SMILES string of the molecule is C=CCn1cc[n+](C)c1.C=CCn1cc[n+](C)c1.O=S(=O)([O-])[O-]. The van der Waals surface area contributed by atoms with Gasteiger partial charge in [-0.15, -0.1) is 0 Å². The van der Waals surface area contributed by atoms with Crippen molar-refractivity contribution >= 4 is 10.4 Å². The van der Waals surface area contributed by atoms with Crippen LogP contribution in [0.4, 0.5) is 0 Å². The Balaban J connectivity index is 0.000000332. The maximum atomic E-state index is 8.52. The minimum atomic E-state index is -5.17. The van der Waals surface area contributed by atoms with E-state index in [0.717, 1.165) is 13.1 Å². The van der Waals surface area contributed by atoms with Crippen LogP contribution >= 0.6 is 0 Å². The van der Waals surface area contributed by atoms with Gasteiger partial charge in [-0.2, -0.15) is 0 Å². The Morgan fingerprint density at radius 2 is 1.26 bits per heavy atom. The molecule has 0 fully saturated rings. The van der Waals surface area contributed by atoms with Crippen molar-refractivity contribution in [2.75, 3.05) is 0 Å². The van der Waals surface area contributed by atoms with E-state index in [1.54, 1.807) is 0 Å². The molecule has 0 aliphatic heterocycles. The first-order valence-corrected chi connectivity index (χ1v) is 7.89. The number of aryl methyl sites for hydroxylation is 2. The monoisotopic (exact) mass is 342 g/mol. The Morgan fingerprint density at radius 3 is 1.43 bits per heavy atom. The zero-order valence-corrected chi connectivity index (χ0v) is 14.1. The molecular formula is C14H22N4O4S. The number of allylic oxidation sites excluding steroid dienone is 2. The molecule has 0 aliphatic rings. The lowest BCUT2D eigenvalue weighted by atomic mass is 10.6. The summed E-state index contributed by atoms with van der Waals surface area (Å²) in [6.07, 6.45) is 15.8. The van der Waals surface area contributed by atoms with Crippen LogP contribution in [0.1, 0.15) is 0 Å². The molecule has 128 valence electrons. The fourth-order valence-corrected chi connectivity index (χ4v) is 1.52. The maximum absolute atomic E-state index is 8.52. The molecule has 2 heterocycles. The number of rotatable bonds is 4. The van der Waals surface area contributed by atoms with Gasteiger partial charge in [0.2, 0.25) is 12.7 Å². The van der Waals surface area contributed by atoms with Crippen molar-refractivity contribution in [2.45, 2.75) is 13.1 Å². The highest BCUT2D eigenvalue weighted by Crippen LogP contribution is 1.82. The number of nitrogens with zero attached hydrogens (tertiary/aromatic N) is 4. The van der Waals surface area contributed by atoms with Crippen LogP contribution < -0.4 is 9.13 Å². The molecular weight excluding hydrogens is 320 g/mol. The number of imidazole rings is 2. The lowest BCUT2D eigenvalue weighted by Crippen LogP contribution is -2.23. The van der Waals surface area contributed by atoms with E-state index in [2.05, 4.69) is 22.3 Å². The summed E-state index contributed by atoms with van der Waals surface area (Å²) in [6.45, 7) is 9.05. The zero-order valence-electron chi connectivity index (χ0n) is 13.3. The molecule has 0 N–H and O–H groups in total. The highest BCUT2D eigenvalue weighted by atomic mass is 32.3. The summed E-state index contributed by atoms with van der Waals surface area (Å²) in [7, 11) is -1.17. The van der Waals surface area contributed by atoms with Gasteiger partial charge >= 0.3 is 0 Å². The van der Waals surface area contributed by atoms with Crippen LogP contribution in [0, 0.1) is 0 Å². The number of aromatic nitrogens is 4. The average molecular weight is 342 g/mol. The molecule has 0 amide bonds. The zero-order chi connectivity index (χ0) is 17.9. The van der Waals surface area contributed by atoms with Gasteiger partial charge < -0.3 is 9.11 Å². The first-order valence-electron chi connectivity index (χ1n) is 6.56. The summed E-state index contributed by atoms with van der Waals surface area (Å²) in [4.78, 5) is 0. The second-order valence-corrected chi connectivity index (χ2v) is 5.35. The van der Waals surface area contributed by atoms with Gasteiger partial charge in [0.05, 0.1) is 14.1 Å². The molecule has 2 aromatic rings. The predicted molar refractivity (Wildman–Crippen MR) is 82.1 cm³/mol. The van der Waals surface area contributed by atoms with Crippen LogP contribution in [0.5, 0.6) is 0 Å². The van der Waals surface area contributed by atoms with Crippen LogP contribution in [-0.4, -0.2) is 26.7 Å². The van der Waals surface area contributed by atoms with Gasteiger partial charge in [0.1, 0.15) is 37.9 Å². The van der Waals surface area contributed by atoms with Crippen LogP contribution in [0.15, 0.2) is 62.8 Å². The molecule has 0 aliphatic carbocycles. The van der Waals surface area contributed by atoms with E-state index in [-0.39, 0.29) is 0 Å². The molecule has 0 radical (unpaired) electrons. The summed E-state index contributed by atoms with van der Waals surface area (Å²) in [5.74, 6) is 0. The molecule has 0 spiro atoms. The molecule has 9 heteroatoms. The van der Waals surface area contributed by atoms with Crippen LogP contribution in [0.3, 0.4) is 0 Å². The molecule has 0 aromatic carbocycles. The second kappa shape index (κ2) is 10.5. The van der Waals surface area contributed by atoms with Gasteiger partial charge in [0.15, 0.2) is 0 Å². The molecule has 2 rings (SSSR count). The van der Waals surface area contributed by atoms with E-state index in [4.69, 9.17) is 17.5 Å². The number of hydrogen-bond acceptors (Lipinski definition) is 4. The highest BCUT2D eigenvalue weighted by molar-refractivity contribution is 7.79. The summed E-state index contributed by atoms with van der Waals surface area (Å²) in [5, 5.41) is 0. The van der Waals surface area contributed by atoms with Crippen molar-refractivity contribution in [1.29, 1.82) is 0 Å². The first kappa shape index (κ1) is 20.8. The lowest BCUT2D eigenvalue weighted by Gasteiger charge is -2.06. The molecule has 0 saturated heterocycles. The fourth-order valence-electron chi connectivity index (χ4n) is 1.52. The van der Waals surface area contributed by atoms with Crippen LogP contribution in [0.25, 0.3) is 0 Å². The van der Waals surface area contributed by atoms with Crippen molar-refractivity contribution in [1.82, 2.24) is 9.13 Å². The average Bonchev–Trinajstić information content (AvgIpc) is 2.98. The van der Waals surface area contributed by atoms with E-state index < -0.39 is 10.4 Å². The Hall–Kier alpha value is -2.23. The molecule has 0 unspecified atom stereocenters. The van der Waals surface area contributed by atoms with Gasteiger partial charge in [-0.1, -0.05) is 25.3 Å². The minimum Gasteiger partial charge on any atom is -0.759 e. The number of hydrogen-bond donors (Lipinski definition) is 0. The standard InChI is InChI=1S/2C7H11N2.H2O4S/c2*1-3-4-9-6-5-8(2)7-9;1-5(2,3)4/h2*3,5-7H,1,4H2,2H3;(H2,1,2,3,4)/q2*+1;/p-2. The van der Waals surface area contributed by atoms with Crippen molar-refractivity contribution in [3.8, 4) is 0 Å². The molecule has 8 nitrogen and oxygen atoms in total. The second-order valence-electron chi connectivity index (χ2n) is 4.54. The smallest absolute Gasteiger partial charge is 0.243 e. The third-order valence-electron chi connectivity index (χ3n) is 2.33. The van der Waals surface area contributed by atoms with E-state index in [1.807, 2.05) is 72.8 Å². The first-order chi connectivity index (χ1) is 10.7. The molecule has 23 heavy (non-hydrogen) atoms. The van der Waals surface area contributed by atoms with Gasteiger partial charge in [-0.3, -0.25) is 8.42 Å². The van der Waals surface area contributed by atoms with E-state index >= 15 is 0 Å². The summed E-state index contributed by atoms with van der Waals surface area (Å²) in [6, 6.07) is 0. The lowest BCUT2D eigenvalue weighted by molar-refractivity contribution is -0.671. The maximum Gasteiger partial charge on any atom is 0.243 e. The van der Waals surface area contributed by atoms with Crippen molar-refractivity contribution in [3.05, 3.63) is 62.8 Å². The van der Waals surface area contributed by atoms with Crippen molar-refractivity contribution in [2.24, 2.45) is 14.1 Å². The van der Waals surface area contributed by atoms with Gasteiger partial charge in [0, 0.05) is 10.4 Å². The molecule has 0 saturated carbocycles. The fraction of sp³-hybridized carbons (Fsp3) is 0.286. The Morgan fingerprint density at radius 1 is 0.957 bits per heavy atom. The summed E-state index contributed by atoms with van der Waals surface area (Å²) in [5.41, 5.74) is 0. The highest BCUT2D eigenvalue weighted by Gasteiger charge is 1.94. The van der Waals surface area contributed by atoms with Gasteiger partial charge in [0.25, 0.3) is 0 Å². The summed E-state index contributed by atoms with van der Waals surface area (Å²) < 4.78 is 42.2. The predicted octanol–water partition coefficient (Wildman–Crippen LogP) is -0.341. The quantitative estimate of drug-likeness (QED) is 0.328. The Labute approximate surface area is 136 Å². The Bertz CT molecular complexity index is 650. The topological polar surface area (TPSA) is 97.9 Å². The van der Waals surface area contributed by atoms with Gasteiger partial charge in [-0.05, 0) is 0 Å². The van der Waals surface area contributed by atoms with Crippen molar-refractivity contribution < 1.29 is 26.7 Å². The molecule has 2 aromatic heterocycles. The third kappa shape index (κ3) is 13.2. The minimum absolute atomic E-state index is 0.890. The summed E-state index contributed by atoms with van der Waals surface area (Å²) >= 11 is 0. The third-order valence-corrected chi connectivity index (χ3v) is 2.33. The largest absolute Gasteiger partial charge is 0.759 e.